The molecule has 0 aliphatic rings. The van der Waals surface area contributed by atoms with Crippen molar-refractivity contribution in [2.45, 2.75) is 17.4 Å². The summed E-state index contributed by atoms with van der Waals surface area (Å²) < 4.78 is 19.2. The Bertz CT molecular complexity index is 994. The molecule has 0 radical (unpaired) electrons. The van der Waals surface area contributed by atoms with Gasteiger partial charge >= 0.3 is 0 Å². The summed E-state index contributed by atoms with van der Waals surface area (Å²) >= 11 is 0.962. The van der Waals surface area contributed by atoms with Gasteiger partial charge in [-0.3, -0.25) is 14.9 Å². The number of hydrogen-bond acceptors (Lipinski definition) is 7. The van der Waals surface area contributed by atoms with Crippen LogP contribution in [0.4, 0.5) is 15.8 Å². The van der Waals surface area contributed by atoms with Gasteiger partial charge in [0.25, 0.3) is 16.8 Å². The van der Waals surface area contributed by atoms with Crippen molar-refractivity contribution in [3.05, 3.63) is 64.5 Å². The summed E-state index contributed by atoms with van der Waals surface area (Å²) in [4.78, 5) is 22.8. The first kappa shape index (κ1) is 18.5. The molecule has 1 unspecified atom stereocenters. The fourth-order valence-corrected chi connectivity index (χ4v) is 2.86. The fraction of sp³-hybridized carbons (Fsp3) is 0.118. The van der Waals surface area contributed by atoms with E-state index in [9.17, 15) is 19.3 Å². The van der Waals surface area contributed by atoms with Gasteiger partial charge in [0.1, 0.15) is 11.5 Å². The number of thioether (sulfide) groups is 1. The van der Waals surface area contributed by atoms with Crippen LogP contribution >= 0.6 is 11.8 Å². The molecule has 1 atom stereocenters. The molecule has 1 amide bonds. The average Bonchev–Trinajstić information content (AvgIpc) is 3.10. The lowest BCUT2D eigenvalue weighted by Crippen LogP contribution is -2.22. The third kappa shape index (κ3) is 4.29. The highest BCUT2D eigenvalue weighted by molar-refractivity contribution is 8.00. The molecule has 0 fully saturated rings. The zero-order chi connectivity index (χ0) is 19.4. The summed E-state index contributed by atoms with van der Waals surface area (Å²) in [5, 5.41) is 20.5. The van der Waals surface area contributed by atoms with Crippen LogP contribution in [0.3, 0.4) is 0 Å². The van der Waals surface area contributed by atoms with E-state index < -0.39 is 21.9 Å². The van der Waals surface area contributed by atoms with E-state index in [1.165, 1.54) is 30.3 Å². The first-order valence-corrected chi connectivity index (χ1v) is 8.63. The van der Waals surface area contributed by atoms with Gasteiger partial charge < -0.3 is 9.73 Å². The monoisotopic (exact) mass is 388 g/mol. The van der Waals surface area contributed by atoms with Crippen LogP contribution in [0, 0.1) is 15.9 Å². The van der Waals surface area contributed by atoms with Gasteiger partial charge in [0.15, 0.2) is 0 Å². The van der Waals surface area contributed by atoms with Gasteiger partial charge in [0.05, 0.1) is 15.7 Å². The van der Waals surface area contributed by atoms with E-state index in [2.05, 4.69) is 15.5 Å². The van der Waals surface area contributed by atoms with Crippen LogP contribution in [-0.4, -0.2) is 26.3 Å². The number of carbonyl (C=O) groups is 1. The minimum absolute atomic E-state index is 0.00176. The highest BCUT2D eigenvalue weighted by atomic mass is 32.2. The van der Waals surface area contributed by atoms with Crippen LogP contribution in [0.2, 0.25) is 0 Å². The van der Waals surface area contributed by atoms with Crippen molar-refractivity contribution in [2.75, 3.05) is 5.32 Å². The molecule has 0 aliphatic carbocycles. The number of nitro benzene ring substituents is 1. The third-order valence-electron chi connectivity index (χ3n) is 3.52. The molecule has 3 aromatic rings. The zero-order valence-electron chi connectivity index (χ0n) is 14.0. The molecule has 138 valence electrons. The van der Waals surface area contributed by atoms with E-state index in [-0.39, 0.29) is 28.1 Å². The lowest BCUT2D eigenvalue weighted by molar-refractivity contribution is -0.383. The molecule has 0 aliphatic heterocycles. The number of benzene rings is 2. The Morgan fingerprint density at radius 1 is 1.22 bits per heavy atom. The molecular weight excluding hydrogens is 375 g/mol. The summed E-state index contributed by atoms with van der Waals surface area (Å²) in [6, 6.07) is 11.8. The van der Waals surface area contributed by atoms with Gasteiger partial charge in [0, 0.05) is 6.07 Å². The predicted octanol–water partition coefficient (Wildman–Crippen LogP) is 3.90. The lowest BCUT2D eigenvalue weighted by atomic mass is 10.2. The molecule has 1 N–H and O–H groups in total. The first-order chi connectivity index (χ1) is 13.0. The number of carbonyl (C=O) groups excluding carboxylic acids is 1. The van der Waals surface area contributed by atoms with Crippen LogP contribution in [0.15, 0.2) is 58.2 Å². The lowest BCUT2D eigenvalue weighted by Gasteiger charge is -2.10. The SMILES string of the molecule is CC(Sc1nnc(-c2ccccc2F)o1)C(=O)Nc1ccccc1[N+](=O)[O-]. The largest absolute Gasteiger partial charge is 0.411 e. The minimum atomic E-state index is -0.682. The van der Waals surface area contributed by atoms with Crippen molar-refractivity contribution in [3.63, 3.8) is 0 Å². The smallest absolute Gasteiger partial charge is 0.292 e. The van der Waals surface area contributed by atoms with Crippen molar-refractivity contribution in [2.24, 2.45) is 0 Å². The number of nitrogens with zero attached hydrogens (tertiary/aromatic N) is 3. The van der Waals surface area contributed by atoms with Crippen LogP contribution in [0.1, 0.15) is 6.92 Å². The highest BCUT2D eigenvalue weighted by Gasteiger charge is 2.22. The standard InChI is InChI=1S/C17H13FN4O4S/c1-10(15(23)19-13-8-4-5-9-14(13)22(24)25)27-17-21-20-16(26-17)11-6-2-3-7-12(11)18/h2-10H,1H3,(H,19,23). The molecule has 1 heterocycles. The Hall–Kier alpha value is -3.27. The quantitative estimate of drug-likeness (QED) is 0.387. The number of amides is 1. The van der Waals surface area contributed by atoms with Gasteiger partial charge in [0.2, 0.25) is 5.91 Å². The summed E-state index contributed by atoms with van der Waals surface area (Å²) in [5.74, 6) is -0.971. The van der Waals surface area contributed by atoms with Gasteiger partial charge in [-0.25, -0.2) is 4.39 Å². The van der Waals surface area contributed by atoms with Crippen molar-refractivity contribution in [1.29, 1.82) is 0 Å². The second-order valence-corrected chi connectivity index (χ2v) is 6.67. The fourth-order valence-electron chi connectivity index (χ4n) is 2.18. The van der Waals surface area contributed by atoms with Crippen LogP contribution < -0.4 is 5.32 Å². The summed E-state index contributed by atoms with van der Waals surface area (Å²) in [7, 11) is 0. The van der Waals surface area contributed by atoms with Gasteiger partial charge in [-0.1, -0.05) is 36.0 Å². The van der Waals surface area contributed by atoms with Crippen molar-refractivity contribution in [1.82, 2.24) is 10.2 Å². The van der Waals surface area contributed by atoms with E-state index in [1.807, 2.05) is 0 Å². The Balaban J connectivity index is 1.69. The molecule has 27 heavy (non-hydrogen) atoms. The highest BCUT2D eigenvalue weighted by Crippen LogP contribution is 2.29. The van der Waals surface area contributed by atoms with Gasteiger partial charge in [-0.05, 0) is 25.1 Å². The Kier molecular flexibility index (Phi) is 5.46. The number of halogens is 1. The molecule has 3 rings (SSSR count). The molecule has 0 spiro atoms. The number of rotatable bonds is 6. The molecule has 0 bridgehead atoms. The normalized spacial score (nSPS) is 11.8. The second-order valence-electron chi connectivity index (χ2n) is 5.38. The molecule has 2 aromatic carbocycles. The molecule has 0 saturated carbocycles. The maximum Gasteiger partial charge on any atom is 0.292 e. The topological polar surface area (TPSA) is 111 Å². The second kappa shape index (κ2) is 7.96. The summed E-state index contributed by atoms with van der Waals surface area (Å²) in [5.41, 5.74) is 0.0501. The number of nitro groups is 1. The number of para-hydroxylation sites is 2. The number of aromatic nitrogens is 2. The molecular formula is C17H13FN4O4S. The first-order valence-electron chi connectivity index (χ1n) is 7.75. The predicted molar refractivity (Wildman–Crippen MR) is 96.7 cm³/mol. The van der Waals surface area contributed by atoms with Crippen molar-refractivity contribution < 1.29 is 18.5 Å². The van der Waals surface area contributed by atoms with Crippen LogP contribution in [0.25, 0.3) is 11.5 Å². The molecule has 10 heteroatoms. The Morgan fingerprint density at radius 3 is 2.67 bits per heavy atom. The van der Waals surface area contributed by atoms with Crippen molar-refractivity contribution in [3.8, 4) is 11.5 Å². The maximum atomic E-state index is 13.8. The third-order valence-corrected chi connectivity index (χ3v) is 4.45. The zero-order valence-corrected chi connectivity index (χ0v) is 14.8. The summed E-state index contributed by atoms with van der Waals surface area (Å²) in [6.07, 6.45) is 0. The Morgan fingerprint density at radius 2 is 1.93 bits per heavy atom. The summed E-state index contributed by atoms with van der Waals surface area (Å²) in [6.45, 7) is 1.59. The van der Waals surface area contributed by atoms with Crippen LogP contribution in [0.5, 0.6) is 0 Å². The van der Waals surface area contributed by atoms with E-state index in [0.29, 0.717) is 0 Å². The average molecular weight is 388 g/mol. The molecule has 1 aromatic heterocycles. The number of nitrogens with one attached hydrogen (secondary N) is 1. The van der Waals surface area contributed by atoms with E-state index in [4.69, 9.17) is 4.42 Å². The van der Waals surface area contributed by atoms with E-state index in [1.54, 1.807) is 25.1 Å². The van der Waals surface area contributed by atoms with Gasteiger partial charge in [-0.15, -0.1) is 10.2 Å². The van der Waals surface area contributed by atoms with Crippen LogP contribution in [-0.2, 0) is 4.79 Å². The van der Waals surface area contributed by atoms with E-state index in [0.717, 1.165) is 11.8 Å². The maximum absolute atomic E-state index is 13.8. The number of hydrogen-bond donors (Lipinski definition) is 1. The molecule has 0 saturated heterocycles. The number of anilines is 1. The molecule has 8 nitrogen and oxygen atoms in total. The Labute approximate surface area is 156 Å². The van der Waals surface area contributed by atoms with Gasteiger partial charge in [-0.2, -0.15) is 0 Å². The van der Waals surface area contributed by atoms with Crippen molar-refractivity contribution >= 4 is 29.0 Å². The minimum Gasteiger partial charge on any atom is -0.411 e. The van der Waals surface area contributed by atoms with E-state index >= 15 is 0 Å².